The smallest absolute Gasteiger partial charge is 0.262 e. The molecule has 0 saturated heterocycles. The van der Waals surface area contributed by atoms with Crippen LogP contribution in [0.1, 0.15) is 21.6 Å². The summed E-state index contributed by atoms with van der Waals surface area (Å²) in [5.74, 6) is 1.47. The van der Waals surface area contributed by atoms with Crippen molar-refractivity contribution in [3.63, 3.8) is 0 Å². The summed E-state index contributed by atoms with van der Waals surface area (Å²) < 4.78 is 13.0. The lowest BCUT2D eigenvalue weighted by Crippen LogP contribution is -2.28. The summed E-state index contributed by atoms with van der Waals surface area (Å²) in [6, 6.07) is 13.4. The van der Waals surface area contributed by atoms with Gasteiger partial charge in [0.15, 0.2) is 11.5 Å². The van der Waals surface area contributed by atoms with Gasteiger partial charge in [0.2, 0.25) is 6.79 Å². The van der Waals surface area contributed by atoms with Gasteiger partial charge in [-0.1, -0.05) is 18.2 Å². The number of benzene rings is 2. The third-order valence-electron chi connectivity index (χ3n) is 5.06. The molecule has 2 aliphatic rings. The maximum absolute atomic E-state index is 13.3. The fourth-order valence-corrected chi connectivity index (χ4v) is 3.82. The highest BCUT2D eigenvalue weighted by atomic mass is 16.7. The lowest BCUT2D eigenvalue weighted by Gasteiger charge is -2.23. The van der Waals surface area contributed by atoms with Gasteiger partial charge < -0.3 is 14.4 Å². The van der Waals surface area contributed by atoms with E-state index in [2.05, 4.69) is 11.9 Å². The van der Waals surface area contributed by atoms with Crippen molar-refractivity contribution in [1.82, 2.24) is 9.47 Å². The highest BCUT2D eigenvalue weighted by Gasteiger charge is 2.28. The number of ether oxygens (including phenoxy) is 2. The molecule has 0 N–H and O–H groups in total. The molecule has 5 nitrogen and oxygen atoms in total. The molecular formula is C20H18N2O3. The van der Waals surface area contributed by atoms with E-state index >= 15 is 0 Å². The molecule has 1 aromatic heterocycles. The first-order chi connectivity index (χ1) is 12.2. The number of rotatable bonds is 1. The van der Waals surface area contributed by atoms with Gasteiger partial charge in [0.25, 0.3) is 5.91 Å². The predicted molar refractivity (Wildman–Crippen MR) is 94.3 cm³/mol. The number of nitrogens with zero attached hydrogens (tertiary/aromatic N) is 2. The molecule has 5 heteroatoms. The van der Waals surface area contributed by atoms with E-state index in [1.165, 1.54) is 5.56 Å². The fraction of sp³-hybridized carbons (Fsp3) is 0.250. The molecule has 0 fully saturated rings. The van der Waals surface area contributed by atoms with Crippen LogP contribution in [-0.4, -0.2) is 35.8 Å². The minimum absolute atomic E-state index is 0.00951. The van der Waals surface area contributed by atoms with Crippen LogP contribution in [0.4, 0.5) is 0 Å². The van der Waals surface area contributed by atoms with Crippen LogP contribution in [-0.2, 0) is 13.0 Å². The van der Waals surface area contributed by atoms with E-state index in [9.17, 15) is 4.79 Å². The van der Waals surface area contributed by atoms with Gasteiger partial charge in [-0.3, -0.25) is 9.36 Å². The second kappa shape index (κ2) is 5.36. The molecule has 0 atom stereocenters. The monoisotopic (exact) mass is 334 g/mol. The van der Waals surface area contributed by atoms with E-state index in [-0.39, 0.29) is 12.7 Å². The Bertz CT molecular complexity index is 991. The molecule has 5 rings (SSSR count). The SMILES string of the molecule is CN1CCc2c(c3cc4c(cc3n2C(=O)c2ccccc2)OCO4)C1. The molecule has 3 heterocycles. The zero-order valence-electron chi connectivity index (χ0n) is 14.0. The van der Waals surface area contributed by atoms with E-state index in [0.29, 0.717) is 11.3 Å². The van der Waals surface area contributed by atoms with Crippen molar-refractivity contribution in [2.24, 2.45) is 0 Å². The van der Waals surface area contributed by atoms with Gasteiger partial charge in [0, 0.05) is 42.2 Å². The molecule has 25 heavy (non-hydrogen) atoms. The summed E-state index contributed by atoms with van der Waals surface area (Å²) in [6.45, 7) is 2.01. The topological polar surface area (TPSA) is 43.7 Å². The summed E-state index contributed by atoms with van der Waals surface area (Å²) in [5.41, 5.74) is 3.91. The van der Waals surface area contributed by atoms with E-state index in [0.717, 1.165) is 41.9 Å². The van der Waals surface area contributed by atoms with Crippen LogP contribution in [0.3, 0.4) is 0 Å². The number of aromatic nitrogens is 1. The average Bonchev–Trinajstić information content (AvgIpc) is 3.21. The Kier molecular flexibility index (Phi) is 3.12. The fourth-order valence-electron chi connectivity index (χ4n) is 3.82. The van der Waals surface area contributed by atoms with E-state index in [1.807, 2.05) is 47.0 Å². The van der Waals surface area contributed by atoms with Gasteiger partial charge in [-0.15, -0.1) is 0 Å². The van der Waals surface area contributed by atoms with Crippen LogP contribution in [0, 0.1) is 0 Å². The normalized spacial score (nSPS) is 16.2. The number of carbonyl (C=O) groups is 1. The van der Waals surface area contributed by atoms with Gasteiger partial charge in [-0.05, 0) is 30.8 Å². The third-order valence-corrected chi connectivity index (χ3v) is 5.06. The van der Waals surface area contributed by atoms with Gasteiger partial charge in [0.1, 0.15) is 0 Å². The van der Waals surface area contributed by atoms with Crippen LogP contribution in [0.25, 0.3) is 10.9 Å². The molecule has 0 spiro atoms. The van der Waals surface area contributed by atoms with Crippen molar-refractivity contribution >= 4 is 16.8 Å². The molecular weight excluding hydrogens is 316 g/mol. The van der Waals surface area contributed by atoms with Gasteiger partial charge in [0.05, 0.1) is 5.52 Å². The highest BCUT2D eigenvalue weighted by molar-refractivity contribution is 6.04. The van der Waals surface area contributed by atoms with Gasteiger partial charge in [-0.25, -0.2) is 0 Å². The highest BCUT2D eigenvalue weighted by Crippen LogP contribution is 2.40. The minimum atomic E-state index is 0.00951. The number of fused-ring (bicyclic) bond motifs is 4. The summed E-state index contributed by atoms with van der Waals surface area (Å²) >= 11 is 0. The predicted octanol–water partition coefficient (Wildman–Crippen LogP) is 3.05. The van der Waals surface area contributed by atoms with Crippen LogP contribution in [0.5, 0.6) is 11.5 Å². The van der Waals surface area contributed by atoms with Crippen molar-refractivity contribution in [1.29, 1.82) is 0 Å². The Morgan fingerprint density at radius 1 is 1.08 bits per heavy atom. The zero-order chi connectivity index (χ0) is 17.0. The van der Waals surface area contributed by atoms with Crippen molar-refractivity contribution < 1.29 is 14.3 Å². The summed E-state index contributed by atoms with van der Waals surface area (Å²) in [6.07, 6.45) is 0.853. The molecule has 0 radical (unpaired) electrons. The summed E-state index contributed by atoms with van der Waals surface area (Å²) in [5, 5.41) is 1.08. The number of likely N-dealkylation sites (N-methyl/N-ethyl adjacent to an activating group) is 1. The summed E-state index contributed by atoms with van der Waals surface area (Å²) in [4.78, 5) is 15.5. The Balaban J connectivity index is 1.78. The molecule has 0 bridgehead atoms. The molecule has 3 aromatic rings. The lowest BCUT2D eigenvalue weighted by atomic mass is 10.0. The summed E-state index contributed by atoms with van der Waals surface area (Å²) in [7, 11) is 2.11. The molecule has 0 aliphatic carbocycles. The van der Waals surface area contributed by atoms with Crippen molar-refractivity contribution in [3.05, 3.63) is 59.3 Å². The van der Waals surface area contributed by atoms with Crippen molar-refractivity contribution in [2.45, 2.75) is 13.0 Å². The third kappa shape index (κ3) is 2.16. The molecule has 0 saturated carbocycles. The van der Waals surface area contributed by atoms with Crippen LogP contribution < -0.4 is 9.47 Å². The lowest BCUT2D eigenvalue weighted by molar-refractivity contribution is 0.0960. The molecule has 2 aromatic carbocycles. The molecule has 126 valence electrons. The second-order valence-corrected chi connectivity index (χ2v) is 6.64. The van der Waals surface area contributed by atoms with Crippen LogP contribution >= 0.6 is 0 Å². The van der Waals surface area contributed by atoms with E-state index in [1.54, 1.807) is 0 Å². The minimum Gasteiger partial charge on any atom is -0.454 e. The maximum Gasteiger partial charge on any atom is 0.262 e. The van der Waals surface area contributed by atoms with Gasteiger partial charge >= 0.3 is 0 Å². The molecule has 2 aliphatic heterocycles. The second-order valence-electron chi connectivity index (χ2n) is 6.64. The first-order valence-electron chi connectivity index (χ1n) is 8.46. The standard InChI is InChI=1S/C20H18N2O3/c1-21-8-7-16-15(11-21)14-9-18-19(25-12-24-18)10-17(14)22(16)20(23)13-5-3-2-4-6-13/h2-6,9-10H,7-8,11-12H2,1H3. The molecule has 0 amide bonds. The average molecular weight is 334 g/mol. The van der Waals surface area contributed by atoms with Crippen LogP contribution in [0.2, 0.25) is 0 Å². The van der Waals surface area contributed by atoms with Crippen molar-refractivity contribution in [2.75, 3.05) is 20.4 Å². The Hall–Kier alpha value is -2.79. The van der Waals surface area contributed by atoms with E-state index in [4.69, 9.17) is 9.47 Å². The molecule has 0 unspecified atom stereocenters. The maximum atomic E-state index is 13.3. The van der Waals surface area contributed by atoms with Crippen molar-refractivity contribution in [3.8, 4) is 11.5 Å². The number of carbonyl (C=O) groups excluding carboxylic acids is 1. The largest absolute Gasteiger partial charge is 0.454 e. The Labute approximate surface area is 145 Å². The first kappa shape index (κ1) is 14.5. The quantitative estimate of drug-likeness (QED) is 0.686. The number of hydrogen-bond donors (Lipinski definition) is 0. The first-order valence-corrected chi connectivity index (χ1v) is 8.46. The van der Waals surface area contributed by atoms with E-state index < -0.39 is 0 Å². The van der Waals surface area contributed by atoms with Gasteiger partial charge in [-0.2, -0.15) is 0 Å². The zero-order valence-corrected chi connectivity index (χ0v) is 14.0. The Morgan fingerprint density at radius 2 is 1.84 bits per heavy atom. The number of hydrogen-bond acceptors (Lipinski definition) is 4. The Morgan fingerprint density at radius 3 is 2.64 bits per heavy atom. The van der Waals surface area contributed by atoms with Crippen LogP contribution in [0.15, 0.2) is 42.5 Å².